The van der Waals surface area contributed by atoms with Gasteiger partial charge in [0.1, 0.15) is 23.6 Å². The molecule has 1 heterocycles. The van der Waals surface area contributed by atoms with Gasteiger partial charge in [0.25, 0.3) is 0 Å². The molecule has 4 aromatic rings. The van der Waals surface area contributed by atoms with Crippen molar-refractivity contribution >= 4 is 43.6 Å². The smallest absolute Gasteiger partial charge is 0.223 e. The molecule has 3 aromatic carbocycles. The summed E-state index contributed by atoms with van der Waals surface area (Å²) in [6, 6.07) is 17.3. The molecule has 0 bridgehead atoms. The van der Waals surface area contributed by atoms with Crippen molar-refractivity contribution in [1.82, 2.24) is 9.78 Å². The standard InChI is InChI=1S/C27H28ClN3O4S/c1-5-36(33,6-2)30-25-23(34-4)14-13-21(24(25)28)26(32)22-16-29-31(3)27(22)35-17-18-11-12-19-9-7-8-10-20(19)15-18/h7-16H,5-6,17H2,1-4H3. The second kappa shape index (κ2) is 10.7. The summed E-state index contributed by atoms with van der Waals surface area (Å²) in [5.41, 5.74) is 1.64. The van der Waals surface area contributed by atoms with Gasteiger partial charge >= 0.3 is 0 Å². The molecule has 0 atom stereocenters. The number of carbonyl (C=O) groups is 1. The van der Waals surface area contributed by atoms with Gasteiger partial charge in [-0.25, -0.2) is 8.89 Å². The van der Waals surface area contributed by atoms with E-state index in [1.54, 1.807) is 33.0 Å². The number of methoxy groups -OCH3 is 1. The van der Waals surface area contributed by atoms with Gasteiger partial charge in [-0.05, 0) is 34.5 Å². The van der Waals surface area contributed by atoms with E-state index < -0.39 is 9.73 Å². The number of ketones is 1. The maximum atomic E-state index is 13.6. The number of benzene rings is 3. The Morgan fingerprint density at radius 3 is 2.47 bits per heavy atom. The van der Waals surface area contributed by atoms with Gasteiger partial charge in [-0.15, -0.1) is 0 Å². The first kappa shape index (κ1) is 25.7. The lowest BCUT2D eigenvalue weighted by atomic mass is 10.0. The van der Waals surface area contributed by atoms with E-state index in [0.717, 1.165) is 16.3 Å². The number of nitrogens with zero attached hydrogens (tertiary/aromatic N) is 3. The minimum Gasteiger partial charge on any atom is -0.494 e. The fraction of sp³-hybridized carbons (Fsp3) is 0.259. The number of hydrogen-bond acceptors (Lipinski definition) is 6. The van der Waals surface area contributed by atoms with E-state index in [2.05, 4.69) is 21.6 Å². The van der Waals surface area contributed by atoms with E-state index in [9.17, 15) is 9.00 Å². The topological polar surface area (TPSA) is 82.8 Å². The van der Waals surface area contributed by atoms with Crippen molar-refractivity contribution in [3.63, 3.8) is 0 Å². The second-order valence-corrected chi connectivity index (χ2v) is 11.5. The third kappa shape index (κ3) is 5.10. The molecular formula is C27H28ClN3O4S. The molecule has 0 unspecified atom stereocenters. The minimum atomic E-state index is -2.53. The van der Waals surface area contributed by atoms with Crippen LogP contribution in [-0.2, 0) is 23.4 Å². The van der Waals surface area contributed by atoms with Gasteiger partial charge in [0.2, 0.25) is 11.7 Å². The van der Waals surface area contributed by atoms with Crippen LogP contribution in [0.15, 0.2) is 65.2 Å². The summed E-state index contributed by atoms with van der Waals surface area (Å²) in [5, 5.41) is 6.56. The zero-order valence-electron chi connectivity index (χ0n) is 20.7. The van der Waals surface area contributed by atoms with Gasteiger partial charge in [0.15, 0.2) is 0 Å². The molecule has 0 aliphatic rings. The number of carbonyl (C=O) groups excluding carboxylic acids is 1. The van der Waals surface area contributed by atoms with E-state index >= 15 is 0 Å². The van der Waals surface area contributed by atoms with Gasteiger partial charge in [0, 0.05) is 24.1 Å². The van der Waals surface area contributed by atoms with Crippen molar-refractivity contribution in [3.8, 4) is 11.6 Å². The van der Waals surface area contributed by atoms with Crippen molar-refractivity contribution in [3.05, 3.63) is 82.5 Å². The average molecular weight is 526 g/mol. The summed E-state index contributed by atoms with van der Waals surface area (Å²) in [5.74, 6) is 1.02. The molecule has 0 radical (unpaired) electrons. The van der Waals surface area contributed by atoms with Crippen molar-refractivity contribution in [2.24, 2.45) is 11.4 Å². The molecule has 0 fully saturated rings. The van der Waals surface area contributed by atoms with E-state index in [1.807, 2.05) is 30.3 Å². The molecule has 4 rings (SSSR count). The minimum absolute atomic E-state index is 0.0818. The fourth-order valence-corrected chi connectivity index (χ4v) is 5.36. The summed E-state index contributed by atoms with van der Waals surface area (Å²) >= 11 is 6.66. The predicted octanol–water partition coefficient (Wildman–Crippen LogP) is 6.18. The van der Waals surface area contributed by atoms with Crippen molar-refractivity contribution < 1.29 is 18.5 Å². The van der Waals surface area contributed by atoms with Gasteiger partial charge in [-0.1, -0.05) is 61.8 Å². The van der Waals surface area contributed by atoms with E-state index in [4.69, 9.17) is 21.1 Å². The molecule has 0 N–H and O–H groups in total. The van der Waals surface area contributed by atoms with Crippen molar-refractivity contribution in [2.45, 2.75) is 20.5 Å². The first-order valence-corrected chi connectivity index (χ1v) is 13.8. The molecule has 0 saturated heterocycles. The average Bonchev–Trinajstić information content (AvgIpc) is 3.27. The first-order valence-electron chi connectivity index (χ1n) is 11.6. The fourth-order valence-electron chi connectivity index (χ4n) is 3.85. The Morgan fingerprint density at radius 2 is 1.78 bits per heavy atom. The van der Waals surface area contributed by atoms with Gasteiger partial charge < -0.3 is 9.47 Å². The highest BCUT2D eigenvalue weighted by atomic mass is 35.5. The monoisotopic (exact) mass is 525 g/mol. The molecule has 1 aromatic heterocycles. The maximum Gasteiger partial charge on any atom is 0.223 e. The number of aromatic nitrogens is 2. The summed E-state index contributed by atoms with van der Waals surface area (Å²) < 4.78 is 30.4. The number of hydrogen-bond donors (Lipinski definition) is 0. The van der Waals surface area contributed by atoms with Crippen LogP contribution >= 0.6 is 11.6 Å². The Bertz CT molecular complexity index is 1540. The molecule has 9 heteroatoms. The highest BCUT2D eigenvalue weighted by molar-refractivity contribution is 7.93. The lowest BCUT2D eigenvalue weighted by Gasteiger charge is -2.13. The molecule has 0 aliphatic heterocycles. The van der Waals surface area contributed by atoms with Crippen LogP contribution in [0.1, 0.15) is 35.3 Å². The van der Waals surface area contributed by atoms with E-state index in [-0.39, 0.29) is 34.2 Å². The quantitative estimate of drug-likeness (QED) is 0.243. The van der Waals surface area contributed by atoms with Gasteiger partial charge in [-0.2, -0.15) is 9.46 Å². The lowest BCUT2D eigenvalue weighted by molar-refractivity contribution is 0.103. The molecule has 0 spiro atoms. The summed E-state index contributed by atoms with van der Waals surface area (Å²) in [4.78, 5) is 13.6. The zero-order chi connectivity index (χ0) is 25.9. The largest absolute Gasteiger partial charge is 0.494 e. The van der Waals surface area contributed by atoms with E-state index in [0.29, 0.717) is 23.1 Å². The third-order valence-corrected chi connectivity index (χ3v) is 8.72. The Balaban J connectivity index is 1.68. The van der Waals surface area contributed by atoms with Gasteiger partial charge in [0.05, 0.1) is 28.1 Å². The summed E-state index contributed by atoms with van der Waals surface area (Å²) in [6.45, 7) is 3.87. The number of halogens is 1. The van der Waals surface area contributed by atoms with Crippen molar-refractivity contribution in [2.75, 3.05) is 18.6 Å². The van der Waals surface area contributed by atoms with Crippen LogP contribution in [0.3, 0.4) is 0 Å². The second-order valence-electron chi connectivity index (χ2n) is 8.21. The van der Waals surface area contributed by atoms with Crippen LogP contribution < -0.4 is 9.47 Å². The summed E-state index contributed by atoms with van der Waals surface area (Å²) in [6.07, 6.45) is 1.46. The zero-order valence-corrected chi connectivity index (χ0v) is 22.2. The summed E-state index contributed by atoms with van der Waals surface area (Å²) in [7, 11) is 0.656. The highest BCUT2D eigenvalue weighted by Crippen LogP contribution is 2.40. The molecular weight excluding hydrogens is 498 g/mol. The Hall–Kier alpha value is -3.36. The molecule has 0 saturated carbocycles. The number of rotatable bonds is 9. The van der Waals surface area contributed by atoms with Crippen LogP contribution in [0.2, 0.25) is 5.02 Å². The predicted molar refractivity (Wildman–Crippen MR) is 144 cm³/mol. The van der Waals surface area contributed by atoms with E-state index in [1.165, 1.54) is 18.0 Å². The Labute approximate surface area is 216 Å². The molecule has 36 heavy (non-hydrogen) atoms. The third-order valence-electron chi connectivity index (χ3n) is 6.02. The van der Waals surface area contributed by atoms with Crippen LogP contribution in [-0.4, -0.2) is 38.4 Å². The molecule has 7 nitrogen and oxygen atoms in total. The number of fused-ring (bicyclic) bond motifs is 1. The molecule has 0 amide bonds. The Kier molecular flexibility index (Phi) is 7.66. The van der Waals surface area contributed by atoms with Crippen LogP contribution in [0.25, 0.3) is 10.8 Å². The van der Waals surface area contributed by atoms with Crippen molar-refractivity contribution in [1.29, 1.82) is 0 Å². The van der Waals surface area contributed by atoms with Crippen LogP contribution in [0, 0.1) is 0 Å². The normalized spacial score (nSPS) is 11.5. The number of ether oxygens (including phenoxy) is 2. The highest BCUT2D eigenvalue weighted by Gasteiger charge is 2.25. The SMILES string of the molecule is CCS(=O)(CC)=Nc1c(OC)ccc(C(=O)c2cnn(C)c2OCc2ccc3ccccc3c2)c1Cl. The maximum absolute atomic E-state index is 13.6. The lowest BCUT2D eigenvalue weighted by Crippen LogP contribution is -2.08. The molecule has 0 aliphatic carbocycles. The number of aryl methyl sites for hydroxylation is 1. The Morgan fingerprint density at radius 1 is 1.06 bits per heavy atom. The van der Waals surface area contributed by atoms with Gasteiger partial charge in [-0.3, -0.25) is 4.79 Å². The van der Waals surface area contributed by atoms with Crippen LogP contribution in [0.4, 0.5) is 5.69 Å². The molecule has 188 valence electrons. The van der Waals surface area contributed by atoms with Crippen LogP contribution in [0.5, 0.6) is 11.6 Å². The first-order chi connectivity index (χ1) is 17.3.